The summed E-state index contributed by atoms with van der Waals surface area (Å²) < 4.78 is 56.2. The number of esters is 1. The maximum absolute atomic E-state index is 13.6. The summed E-state index contributed by atoms with van der Waals surface area (Å²) in [5, 5.41) is 2.50. The van der Waals surface area contributed by atoms with E-state index >= 15 is 0 Å². The number of carbonyl (C=O) groups is 2. The molecule has 1 rings (SSSR count). The van der Waals surface area contributed by atoms with E-state index in [9.17, 15) is 22.8 Å². The Bertz CT molecular complexity index is 769. The fraction of sp³-hybridized carbons (Fsp3) is 0.632. The van der Waals surface area contributed by atoms with Gasteiger partial charge in [-0.05, 0) is 69.6 Å². The van der Waals surface area contributed by atoms with Gasteiger partial charge in [-0.1, -0.05) is 6.07 Å². The van der Waals surface area contributed by atoms with Crippen LogP contribution in [-0.2, 0) is 24.5 Å². The predicted molar refractivity (Wildman–Crippen MR) is 106 cm³/mol. The van der Waals surface area contributed by atoms with Crippen LogP contribution in [0.4, 0.5) is 18.0 Å². The van der Waals surface area contributed by atoms with E-state index in [1.165, 1.54) is 19.9 Å². The average Bonchev–Trinajstić information content (AvgIpc) is 2.57. The molecule has 0 bridgehead atoms. The van der Waals surface area contributed by atoms with E-state index in [-0.39, 0.29) is 12.3 Å². The summed E-state index contributed by atoms with van der Waals surface area (Å²) in [6.07, 6.45) is -5.95. The summed E-state index contributed by atoms with van der Waals surface area (Å²) in [6.45, 7) is 7.28. The highest BCUT2D eigenvalue weighted by Crippen LogP contribution is 2.36. The van der Waals surface area contributed by atoms with E-state index in [4.69, 9.17) is 9.47 Å². The zero-order valence-electron chi connectivity index (χ0n) is 17.6. The SMILES string of the molecule is CCOC(=O)[C@@](C)(OCC(C)(NC(=O)OC(C)(C)C)c1cccc(Br)n1)C(F)(F)F. The Balaban J connectivity index is 3.28. The molecular weight excluding hydrogens is 473 g/mol. The molecule has 0 fully saturated rings. The van der Waals surface area contributed by atoms with Crippen LogP contribution in [0.5, 0.6) is 0 Å². The minimum absolute atomic E-state index is 0.191. The Kier molecular flexibility index (Phi) is 8.29. The first kappa shape index (κ1) is 26.2. The van der Waals surface area contributed by atoms with Crippen LogP contribution in [0, 0.1) is 0 Å². The summed E-state index contributed by atoms with van der Waals surface area (Å²) >= 11 is 3.19. The molecule has 0 aliphatic heterocycles. The van der Waals surface area contributed by atoms with Crippen LogP contribution < -0.4 is 5.32 Å². The maximum Gasteiger partial charge on any atom is 0.428 e. The van der Waals surface area contributed by atoms with Crippen molar-refractivity contribution in [2.75, 3.05) is 13.2 Å². The molecule has 11 heteroatoms. The highest BCUT2D eigenvalue weighted by molar-refractivity contribution is 9.10. The minimum atomic E-state index is -5.06. The van der Waals surface area contributed by atoms with Gasteiger partial charge in [-0.2, -0.15) is 13.2 Å². The molecule has 0 saturated carbocycles. The van der Waals surface area contributed by atoms with Crippen molar-refractivity contribution in [1.29, 1.82) is 0 Å². The monoisotopic (exact) mass is 498 g/mol. The molecular formula is C19H26BrF3N2O5. The van der Waals surface area contributed by atoms with E-state index in [1.807, 2.05) is 0 Å². The highest BCUT2D eigenvalue weighted by Gasteiger charge is 2.60. The molecule has 0 saturated heterocycles. The first-order chi connectivity index (χ1) is 13.5. The molecule has 0 aliphatic rings. The number of pyridine rings is 1. The highest BCUT2D eigenvalue weighted by atomic mass is 79.9. The van der Waals surface area contributed by atoms with Gasteiger partial charge in [-0.3, -0.25) is 0 Å². The molecule has 7 nitrogen and oxygen atoms in total. The van der Waals surface area contributed by atoms with Gasteiger partial charge in [-0.15, -0.1) is 0 Å². The van der Waals surface area contributed by atoms with Crippen molar-refractivity contribution in [3.05, 3.63) is 28.5 Å². The number of aromatic nitrogens is 1. The molecule has 0 aromatic carbocycles. The van der Waals surface area contributed by atoms with Gasteiger partial charge in [0.2, 0.25) is 0 Å². The quantitative estimate of drug-likeness (QED) is 0.440. The second kappa shape index (κ2) is 9.51. The number of amides is 1. The van der Waals surface area contributed by atoms with Gasteiger partial charge in [0.05, 0.1) is 18.9 Å². The van der Waals surface area contributed by atoms with Crippen LogP contribution in [0.15, 0.2) is 22.8 Å². The molecule has 1 amide bonds. The van der Waals surface area contributed by atoms with Crippen LogP contribution in [0.25, 0.3) is 0 Å². The second-order valence-corrected chi connectivity index (χ2v) is 8.66. The first-order valence-corrected chi connectivity index (χ1v) is 9.85. The third-order valence-electron chi connectivity index (χ3n) is 3.91. The lowest BCUT2D eigenvalue weighted by molar-refractivity contribution is -0.274. The van der Waals surface area contributed by atoms with E-state index in [2.05, 4.69) is 31.0 Å². The zero-order chi connectivity index (χ0) is 23.4. The van der Waals surface area contributed by atoms with Gasteiger partial charge in [0, 0.05) is 0 Å². The number of alkyl carbamates (subject to hydrolysis) is 1. The maximum atomic E-state index is 13.6. The molecule has 0 radical (unpaired) electrons. The van der Waals surface area contributed by atoms with Crippen molar-refractivity contribution >= 4 is 28.0 Å². The van der Waals surface area contributed by atoms with Crippen molar-refractivity contribution in [2.24, 2.45) is 0 Å². The van der Waals surface area contributed by atoms with E-state index in [0.717, 1.165) is 0 Å². The standard InChI is InChI=1S/C19H26BrF3N2O5/c1-7-28-14(26)18(6,19(21,22)23)29-11-17(5,12-9-8-10-13(20)24-12)25-15(27)30-16(2,3)4/h8-10H,7,11H2,1-6H3,(H,25,27)/t17?,18-/m1/s1. The molecule has 1 aromatic heterocycles. The summed E-state index contributed by atoms with van der Waals surface area (Å²) in [5.74, 6) is -1.58. The Morgan fingerprint density at radius 3 is 2.20 bits per heavy atom. The fourth-order valence-corrected chi connectivity index (χ4v) is 2.58. The lowest BCUT2D eigenvalue weighted by atomic mass is 9.97. The number of rotatable bonds is 7. The number of ether oxygens (including phenoxy) is 3. The van der Waals surface area contributed by atoms with E-state index in [0.29, 0.717) is 11.5 Å². The van der Waals surface area contributed by atoms with E-state index in [1.54, 1.807) is 32.9 Å². The topological polar surface area (TPSA) is 86.8 Å². The molecule has 30 heavy (non-hydrogen) atoms. The number of hydrogen-bond acceptors (Lipinski definition) is 6. The number of nitrogens with one attached hydrogen (secondary N) is 1. The Hall–Kier alpha value is -1.88. The Morgan fingerprint density at radius 2 is 1.73 bits per heavy atom. The summed E-state index contributed by atoms with van der Waals surface area (Å²) in [5.41, 5.74) is -5.46. The van der Waals surface area contributed by atoms with Crippen molar-refractivity contribution in [1.82, 2.24) is 10.3 Å². The van der Waals surface area contributed by atoms with Gasteiger partial charge < -0.3 is 19.5 Å². The molecule has 0 aliphatic carbocycles. The van der Waals surface area contributed by atoms with Crippen molar-refractivity contribution in [2.45, 2.75) is 64.5 Å². The number of halogens is 4. The summed E-state index contributed by atoms with van der Waals surface area (Å²) in [6, 6.07) is 4.70. The Labute approximate surface area is 181 Å². The van der Waals surface area contributed by atoms with Gasteiger partial charge in [0.1, 0.15) is 15.7 Å². The lowest BCUT2D eigenvalue weighted by Crippen LogP contribution is -2.57. The van der Waals surface area contributed by atoms with Gasteiger partial charge in [0.25, 0.3) is 5.60 Å². The van der Waals surface area contributed by atoms with Crippen LogP contribution in [0.1, 0.15) is 47.2 Å². The van der Waals surface area contributed by atoms with Gasteiger partial charge >= 0.3 is 18.2 Å². The van der Waals surface area contributed by atoms with Crippen LogP contribution in [0.2, 0.25) is 0 Å². The molecule has 1 unspecified atom stereocenters. The summed E-state index contributed by atoms with van der Waals surface area (Å²) in [7, 11) is 0. The largest absolute Gasteiger partial charge is 0.464 e. The normalized spacial score (nSPS) is 16.2. The second-order valence-electron chi connectivity index (χ2n) is 7.84. The smallest absolute Gasteiger partial charge is 0.428 e. The number of hydrogen-bond donors (Lipinski definition) is 1. The van der Waals surface area contributed by atoms with E-state index < -0.39 is 41.6 Å². The van der Waals surface area contributed by atoms with Crippen LogP contribution >= 0.6 is 15.9 Å². The molecule has 170 valence electrons. The minimum Gasteiger partial charge on any atom is -0.464 e. The van der Waals surface area contributed by atoms with Crippen molar-refractivity contribution in [3.8, 4) is 0 Å². The van der Waals surface area contributed by atoms with Gasteiger partial charge in [0.15, 0.2) is 0 Å². The molecule has 1 heterocycles. The number of alkyl halides is 3. The predicted octanol–water partition coefficient (Wildman–Crippen LogP) is 4.48. The molecule has 1 N–H and O–H groups in total. The molecule has 0 spiro atoms. The molecule has 1 aromatic rings. The Morgan fingerprint density at radius 1 is 1.13 bits per heavy atom. The summed E-state index contributed by atoms with van der Waals surface area (Å²) in [4.78, 5) is 28.6. The third kappa shape index (κ3) is 6.83. The third-order valence-corrected chi connectivity index (χ3v) is 4.35. The number of carbonyl (C=O) groups excluding carboxylic acids is 2. The van der Waals surface area contributed by atoms with Crippen LogP contribution in [-0.4, -0.2) is 47.6 Å². The van der Waals surface area contributed by atoms with Crippen molar-refractivity contribution < 1.29 is 37.0 Å². The fourth-order valence-electron chi connectivity index (χ4n) is 2.23. The molecule has 2 atom stereocenters. The first-order valence-electron chi connectivity index (χ1n) is 9.06. The average molecular weight is 499 g/mol. The lowest BCUT2D eigenvalue weighted by Gasteiger charge is -2.36. The zero-order valence-corrected chi connectivity index (χ0v) is 19.2. The van der Waals surface area contributed by atoms with Gasteiger partial charge in [-0.25, -0.2) is 14.6 Å². The number of nitrogens with zero attached hydrogens (tertiary/aromatic N) is 1. The van der Waals surface area contributed by atoms with Crippen LogP contribution in [0.3, 0.4) is 0 Å². The van der Waals surface area contributed by atoms with Crippen molar-refractivity contribution in [3.63, 3.8) is 0 Å².